The molecule has 3 heteroatoms. The number of allylic oxidation sites excluding steroid dienone is 2. The van der Waals surface area contributed by atoms with Crippen LogP contribution < -0.4 is 0 Å². The molecule has 1 heterocycles. The van der Waals surface area contributed by atoms with Crippen LogP contribution >= 0.6 is 0 Å². The Morgan fingerprint density at radius 1 is 1.25 bits per heavy atom. The van der Waals surface area contributed by atoms with Crippen LogP contribution in [0.3, 0.4) is 0 Å². The van der Waals surface area contributed by atoms with Gasteiger partial charge in [0, 0.05) is 5.41 Å². The third-order valence-corrected chi connectivity index (χ3v) is 4.61. The van der Waals surface area contributed by atoms with E-state index in [2.05, 4.69) is 32.9 Å². The van der Waals surface area contributed by atoms with Crippen LogP contribution in [-0.4, -0.2) is 11.9 Å². The zero-order chi connectivity index (χ0) is 11.7. The molecule has 2 bridgehead atoms. The van der Waals surface area contributed by atoms with Crippen LogP contribution in [0.15, 0.2) is 12.2 Å². The largest absolute Gasteiger partial charge is 0.393 e. The number of carbonyl (C=O) groups excluding carboxylic acids is 2. The van der Waals surface area contributed by atoms with Crippen molar-refractivity contribution in [2.75, 3.05) is 0 Å². The first-order valence-corrected chi connectivity index (χ1v) is 5.80. The van der Waals surface area contributed by atoms with Gasteiger partial charge in [0.15, 0.2) is 0 Å². The maximum absolute atomic E-state index is 11.8. The Balaban J connectivity index is 2.16. The van der Waals surface area contributed by atoms with Crippen molar-refractivity contribution in [3.63, 3.8) is 0 Å². The second-order valence-electron chi connectivity index (χ2n) is 6.30. The van der Waals surface area contributed by atoms with Gasteiger partial charge in [-0.3, -0.25) is 9.59 Å². The van der Waals surface area contributed by atoms with Crippen molar-refractivity contribution in [2.45, 2.75) is 27.2 Å². The van der Waals surface area contributed by atoms with Crippen LogP contribution in [0.25, 0.3) is 0 Å². The molecule has 3 aliphatic carbocycles. The molecule has 0 aromatic carbocycles. The quantitative estimate of drug-likeness (QED) is 0.356. The van der Waals surface area contributed by atoms with Crippen molar-refractivity contribution in [2.24, 2.45) is 28.6 Å². The monoisotopic (exact) mass is 220 g/mol. The molecule has 2 fully saturated rings. The Labute approximate surface area is 94.8 Å². The average molecular weight is 220 g/mol. The highest BCUT2D eigenvalue weighted by Crippen LogP contribution is 2.62. The molecule has 0 N–H and O–H groups in total. The van der Waals surface area contributed by atoms with Gasteiger partial charge >= 0.3 is 11.9 Å². The van der Waals surface area contributed by atoms with Crippen molar-refractivity contribution in [1.82, 2.24) is 0 Å². The first-order chi connectivity index (χ1) is 7.35. The summed E-state index contributed by atoms with van der Waals surface area (Å²) < 4.78 is 4.83. The van der Waals surface area contributed by atoms with E-state index in [4.69, 9.17) is 4.74 Å². The van der Waals surface area contributed by atoms with Gasteiger partial charge in [-0.25, -0.2) is 0 Å². The second kappa shape index (κ2) is 2.58. The third-order valence-electron chi connectivity index (χ3n) is 4.61. The Bertz CT molecular complexity index is 421. The topological polar surface area (TPSA) is 43.4 Å². The van der Waals surface area contributed by atoms with Crippen LogP contribution in [-0.2, 0) is 14.3 Å². The molecule has 1 saturated carbocycles. The summed E-state index contributed by atoms with van der Waals surface area (Å²) >= 11 is 0. The van der Waals surface area contributed by atoms with E-state index in [-0.39, 0.29) is 40.5 Å². The summed E-state index contributed by atoms with van der Waals surface area (Å²) in [5.74, 6) is -0.974. The zero-order valence-electron chi connectivity index (χ0n) is 9.82. The van der Waals surface area contributed by atoms with Gasteiger partial charge in [-0.1, -0.05) is 32.9 Å². The van der Waals surface area contributed by atoms with E-state index in [1.54, 1.807) is 0 Å². The molecular weight excluding hydrogens is 204 g/mol. The minimum Gasteiger partial charge on any atom is -0.393 e. The average Bonchev–Trinajstić information content (AvgIpc) is 2.41. The molecule has 4 rings (SSSR count). The lowest BCUT2D eigenvalue weighted by atomic mass is 9.47. The Morgan fingerprint density at radius 3 is 2.56 bits per heavy atom. The van der Waals surface area contributed by atoms with E-state index in [9.17, 15) is 9.59 Å². The maximum Gasteiger partial charge on any atom is 0.318 e. The van der Waals surface area contributed by atoms with Crippen LogP contribution in [0.5, 0.6) is 0 Å². The van der Waals surface area contributed by atoms with Crippen LogP contribution in [0.1, 0.15) is 27.2 Å². The minimum absolute atomic E-state index is 0.0777. The molecule has 1 saturated heterocycles. The van der Waals surface area contributed by atoms with Gasteiger partial charge < -0.3 is 4.74 Å². The van der Waals surface area contributed by atoms with Gasteiger partial charge in [0.05, 0.1) is 11.8 Å². The number of hydrogen-bond donors (Lipinski definition) is 0. The molecule has 3 nitrogen and oxygen atoms in total. The van der Waals surface area contributed by atoms with Gasteiger partial charge in [0.1, 0.15) is 0 Å². The summed E-state index contributed by atoms with van der Waals surface area (Å²) in [7, 11) is 0. The summed E-state index contributed by atoms with van der Waals surface area (Å²) in [4.78, 5) is 23.5. The fourth-order valence-corrected chi connectivity index (χ4v) is 4.11. The van der Waals surface area contributed by atoms with Crippen LogP contribution in [0, 0.1) is 28.6 Å². The lowest BCUT2D eigenvalue weighted by molar-refractivity contribution is -0.154. The first kappa shape index (κ1) is 10.1. The van der Waals surface area contributed by atoms with E-state index in [1.807, 2.05) is 0 Å². The molecule has 4 aliphatic rings. The van der Waals surface area contributed by atoms with Crippen molar-refractivity contribution >= 4 is 11.9 Å². The molecule has 0 amide bonds. The van der Waals surface area contributed by atoms with E-state index < -0.39 is 0 Å². The first-order valence-electron chi connectivity index (χ1n) is 5.80. The SMILES string of the molecule is CC1(C)CC2(C)C=CC1C1C(=O)OC(=O)C12. The predicted molar refractivity (Wildman–Crippen MR) is 57.2 cm³/mol. The molecule has 0 aromatic heterocycles. The van der Waals surface area contributed by atoms with E-state index >= 15 is 0 Å². The van der Waals surface area contributed by atoms with Gasteiger partial charge in [-0.2, -0.15) is 0 Å². The van der Waals surface area contributed by atoms with E-state index in [0.717, 1.165) is 6.42 Å². The highest BCUT2D eigenvalue weighted by Gasteiger charge is 2.64. The summed E-state index contributed by atoms with van der Waals surface area (Å²) in [6, 6.07) is 0. The second-order valence-corrected chi connectivity index (χ2v) is 6.30. The standard InChI is InChI=1S/C13H16O3/c1-12(2)6-13(3)5-4-7(12)8-9(13)11(15)16-10(8)14/h4-5,7-9H,6H2,1-3H3. The van der Waals surface area contributed by atoms with Crippen LogP contribution in [0.4, 0.5) is 0 Å². The van der Waals surface area contributed by atoms with Crippen molar-refractivity contribution in [3.05, 3.63) is 12.2 Å². The van der Waals surface area contributed by atoms with Gasteiger partial charge in [0.25, 0.3) is 0 Å². The molecule has 86 valence electrons. The maximum atomic E-state index is 11.8. The van der Waals surface area contributed by atoms with Gasteiger partial charge in [-0.15, -0.1) is 0 Å². The predicted octanol–water partition coefficient (Wildman–Crippen LogP) is 1.92. The normalized spacial score (nSPS) is 48.1. The number of cyclic esters (lactones) is 2. The Hall–Kier alpha value is -1.12. The fraction of sp³-hybridized carbons (Fsp3) is 0.692. The highest BCUT2D eigenvalue weighted by atomic mass is 16.6. The molecule has 0 radical (unpaired) electrons. The molecule has 4 atom stereocenters. The van der Waals surface area contributed by atoms with Crippen molar-refractivity contribution in [3.8, 4) is 0 Å². The Morgan fingerprint density at radius 2 is 1.94 bits per heavy atom. The fourth-order valence-electron chi connectivity index (χ4n) is 4.11. The highest BCUT2D eigenvalue weighted by molar-refractivity contribution is 5.98. The molecule has 4 unspecified atom stereocenters. The third kappa shape index (κ3) is 0.989. The number of carbonyl (C=O) groups is 2. The number of hydrogen-bond acceptors (Lipinski definition) is 3. The van der Waals surface area contributed by atoms with Gasteiger partial charge in [0.2, 0.25) is 0 Å². The Kier molecular flexibility index (Phi) is 1.62. The number of ether oxygens (including phenoxy) is 1. The molecule has 16 heavy (non-hydrogen) atoms. The summed E-state index contributed by atoms with van der Waals surface area (Å²) in [6.07, 6.45) is 5.18. The van der Waals surface area contributed by atoms with Gasteiger partial charge in [-0.05, 0) is 17.8 Å². The lowest BCUT2D eigenvalue weighted by Gasteiger charge is -2.54. The summed E-state index contributed by atoms with van der Waals surface area (Å²) in [6.45, 7) is 6.41. The van der Waals surface area contributed by atoms with Crippen molar-refractivity contribution in [1.29, 1.82) is 0 Å². The smallest absolute Gasteiger partial charge is 0.318 e. The number of rotatable bonds is 0. The number of fused-ring (bicyclic) bond motifs is 1. The molecule has 0 aromatic rings. The van der Waals surface area contributed by atoms with E-state index in [0.29, 0.717) is 0 Å². The summed E-state index contributed by atoms with van der Waals surface area (Å²) in [5.41, 5.74) is -0.125. The minimum atomic E-state index is -0.317. The lowest BCUT2D eigenvalue weighted by Crippen LogP contribution is -2.52. The molecule has 0 spiro atoms. The van der Waals surface area contributed by atoms with Crippen LogP contribution in [0.2, 0.25) is 0 Å². The zero-order valence-corrected chi connectivity index (χ0v) is 9.82. The van der Waals surface area contributed by atoms with Crippen molar-refractivity contribution < 1.29 is 14.3 Å². The summed E-state index contributed by atoms with van der Waals surface area (Å²) in [5, 5.41) is 0. The van der Waals surface area contributed by atoms with E-state index in [1.165, 1.54) is 0 Å². The molecular formula is C13H16O3. The number of esters is 2. The molecule has 1 aliphatic heterocycles.